The van der Waals surface area contributed by atoms with E-state index < -0.39 is 0 Å². The zero-order valence-corrected chi connectivity index (χ0v) is 14.0. The summed E-state index contributed by atoms with van der Waals surface area (Å²) in [5, 5.41) is 2.34. The molecule has 0 saturated carbocycles. The van der Waals surface area contributed by atoms with Crippen LogP contribution < -0.4 is 4.74 Å². The molecule has 0 aliphatic heterocycles. The summed E-state index contributed by atoms with van der Waals surface area (Å²) in [7, 11) is 4.22. The molecule has 0 amide bonds. The van der Waals surface area contributed by atoms with E-state index in [0.717, 1.165) is 23.3 Å². The van der Waals surface area contributed by atoms with E-state index >= 15 is 0 Å². The molecule has 0 saturated heterocycles. The molecule has 2 heteroatoms. The number of ether oxygens (including phenoxy) is 1. The lowest BCUT2D eigenvalue weighted by atomic mass is 10.1. The molecular formula is C21H23NO. The number of hydrogen-bond donors (Lipinski definition) is 0. The van der Waals surface area contributed by atoms with Crippen LogP contribution in [0.5, 0.6) is 11.5 Å². The van der Waals surface area contributed by atoms with Gasteiger partial charge in [0.2, 0.25) is 0 Å². The van der Waals surface area contributed by atoms with Gasteiger partial charge in [0.05, 0.1) is 0 Å². The second-order valence-corrected chi connectivity index (χ2v) is 6.24. The van der Waals surface area contributed by atoms with Crippen molar-refractivity contribution in [3.63, 3.8) is 0 Å². The zero-order chi connectivity index (χ0) is 16.2. The Bertz CT molecular complexity index is 789. The molecule has 0 fully saturated rings. The molecule has 0 aliphatic carbocycles. The fraction of sp³-hybridized carbons (Fsp3) is 0.238. The summed E-state index contributed by atoms with van der Waals surface area (Å²) in [4.78, 5) is 2.23. The van der Waals surface area contributed by atoms with Crippen molar-refractivity contribution in [2.75, 3.05) is 14.1 Å². The van der Waals surface area contributed by atoms with E-state index in [-0.39, 0.29) is 0 Å². The first-order valence-electron chi connectivity index (χ1n) is 8.04. The minimum Gasteiger partial charge on any atom is -0.457 e. The maximum atomic E-state index is 6.16. The molecule has 3 aromatic carbocycles. The molecule has 0 bridgehead atoms. The molecule has 118 valence electrons. The first kappa shape index (κ1) is 15.6. The van der Waals surface area contributed by atoms with Crippen LogP contribution >= 0.6 is 0 Å². The van der Waals surface area contributed by atoms with Gasteiger partial charge in [0.25, 0.3) is 0 Å². The zero-order valence-electron chi connectivity index (χ0n) is 14.0. The maximum Gasteiger partial charge on any atom is 0.135 e. The third-order valence-electron chi connectivity index (χ3n) is 4.29. The summed E-state index contributed by atoms with van der Waals surface area (Å²) in [5.74, 6) is 1.80. The molecule has 0 radical (unpaired) electrons. The van der Waals surface area contributed by atoms with Crippen LogP contribution in [0.4, 0.5) is 0 Å². The predicted octanol–water partition coefficient (Wildman–Crippen LogP) is 5.12. The van der Waals surface area contributed by atoms with Gasteiger partial charge in [-0.15, -0.1) is 0 Å². The van der Waals surface area contributed by atoms with Crippen molar-refractivity contribution in [2.24, 2.45) is 0 Å². The number of rotatable bonds is 5. The molecule has 3 aromatic rings. The van der Waals surface area contributed by atoms with Gasteiger partial charge in [0, 0.05) is 11.4 Å². The topological polar surface area (TPSA) is 12.5 Å². The van der Waals surface area contributed by atoms with Crippen LogP contribution in [-0.4, -0.2) is 25.0 Å². The van der Waals surface area contributed by atoms with Crippen LogP contribution in [0.1, 0.15) is 12.5 Å². The highest BCUT2D eigenvalue weighted by Crippen LogP contribution is 2.30. The van der Waals surface area contributed by atoms with Gasteiger partial charge in [0.15, 0.2) is 0 Å². The van der Waals surface area contributed by atoms with Gasteiger partial charge in [-0.1, -0.05) is 48.5 Å². The maximum absolute atomic E-state index is 6.16. The van der Waals surface area contributed by atoms with E-state index in [2.05, 4.69) is 68.4 Å². The Labute approximate surface area is 138 Å². The summed E-state index contributed by atoms with van der Waals surface area (Å²) >= 11 is 0. The average Bonchev–Trinajstić information content (AvgIpc) is 2.55. The Kier molecular flexibility index (Phi) is 4.63. The number of benzene rings is 3. The number of nitrogens with zero attached hydrogens (tertiary/aromatic N) is 1. The minimum atomic E-state index is 0.503. The van der Waals surface area contributed by atoms with E-state index in [4.69, 9.17) is 4.74 Å². The molecule has 0 aromatic heterocycles. The van der Waals surface area contributed by atoms with Crippen LogP contribution in [0.2, 0.25) is 0 Å². The SMILES string of the molecule is CC(Cc1cccc(Oc2cccc3ccccc23)c1)N(C)C. The quantitative estimate of drug-likeness (QED) is 0.648. The third kappa shape index (κ3) is 3.72. The second-order valence-electron chi connectivity index (χ2n) is 6.24. The summed E-state index contributed by atoms with van der Waals surface area (Å²) < 4.78 is 6.16. The molecule has 1 atom stereocenters. The van der Waals surface area contributed by atoms with Crippen LogP contribution in [0.15, 0.2) is 66.7 Å². The highest BCUT2D eigenvalue weighted by Gasteiger charge is 2.08. The summed E-state index contributed by atoms with van der Waals surface area (Å²) in [5.41, 5.74) is 1.30. The van der Waals surface area contributed by atoms with Gasteiger partial charge in [-0.25, -0.2) is 0 Å². The molecule has 0 N–H and O–H groups in total. The van der Waals surface area contributed by atoms with Gasteiger partial charge in [-0.05, 0) is 56.6 Å². The lowest BCUT2D eigenvalue weighted by molar-refractivity contribution is 0.312. The molecular weight excluding hydrogens is 282 g/mol. The van der Waals surface area contributed by atoms with Gasteiger partial charge in [-0.3, -0.25) is 0 Å². The van der Waals surface area contributed by atoms with E-state index in [1.54, 1.807) is 0 Å². The average molecular weight is 305 g/mol. The smallest absolute Gasteiger partial charge is 0.135 e. The number of likely N-dealkylation sites (N-methyl/N-ethyl adjacent to an activating group) is 1. The fourth-order valence-corrected chi connectivity index (χ4v) is 2.67. The molecule has 0 heterocycles. The van der Waals surface area contributed by atoms with Crippen molar-refractivity contribution >= 4 is 10.8 Å². The first-order valence-corrected chi connectivity index (χ1v) is 8.04. The largest absolute Gasteiger partial charge is 0.457 e. The van der Waals surface area contributed by atoms with Gasteiger partial charge in [-0.2, -0.15) is 0 Å². The standard InChI is InChI=1S/C21H23NO/c1-16(22(2)3)14-17-8-6-11-19(15-17)23-21-13-7-10-18-9-4-5-12-20(18)21/h4-13,15-16H,14H2,1-3H3. The first-order chi connectivity index (χ1) is 11.1. The van der Waals surface area contributed by atoms with E-state index in [1.807, 2.05) is 24.3 Å². The Hall–Kier alpha value is -2.32. The van der Waals surface area contributed by atoms with Crippen LogP contribution in [0.3, 0.4) is 0 Å². The van der Waals surface area contributed by atoms with Crippen LogP contribution in [0, 0.1) is 0 Å². The minimum absolute atomic E-state index is 0.503. The highest BCUT2D eigenvalue weighted by molar-refractivity contribution is 5.88. The van der Waals surface area contributed by atoms with E-state index in [9.17, 15) is 0 Å². The Morgan fingerprint density at radius 1 is 0.913 bits per heavy atom. The Morgan fingerprint density at radius 2 is 1.65 bits per heavy atom. The van der Waals surface area contributed by atoms with Crippen molar-refractivity contribution in [2.45, 2.75) is 19.4 Å². The van der Waals surface area contributed by atoms with Crippen LogP contribution in [-0.2, 0) is 6.42 Å². The van der Waals surface area contributed by atoms with Gasteiger partial charge >= 0.3 is 0 Å². The second kappa shape index (κ2) is 6.84. The monoisotopic (exact) mass is 305 g/mol. The fourth-order valence-electron chi connectivity index (χ4n) is 2.67. The molecule has 23 heavy (non-hydrogen) atoms. The summed E-state index contributed by atoms with van der Waals surface area (Å²) in [6, 6.07) is 23.4. The molecule has 0 spiro atoms. The normalized spacial score (nSPS) is 12.5. The molecule has 2 nitrogen and oxygen atoms in total. The summed E-state index contributed by atoms with van der Waals surface area (Å²) in [6.07, 6.45) is 1.01. The van der Waals surface area contributed by atoms with Crippen molar-refractivity contribution < 1.29 is 4.74 Å². The van der Waals surface area contributed by atoms with Crippen molar-refractivity contribution in [3.05, 3.63) is 72.3 Å². The predicted molar refractivity (Wildman–Crippen MR) is 97.3 cm³/mol. The molecule has 0 aliphatic rings. The van der Waals surface area contributed by atoms with E-state index in [1.165, 1.54) is 10.9 Å². The summed E-state index contributed by atoms with van der Waals surface area (Å²) in [6.45, 7) is 2.23. The highest BCUT2D eigenvalue weighted by atomic mass is 16.5. The van der Waals surface area contributed by atoms with Crippen molar-refractivity contribution in [1.29, 1.82) is 0 Å². The van der Waals surface area contributed by atoms with Crippen molar-refractivity contribution in [3.8, 4) is 11.5 Å². The third-order valence-corrected chi connectivity index (χ3v) is 4.29. The van der Waals surface area contributed by atoms with Gasteiger partial charge in [0.1, 0.15) is 11.5 Å². The lowest BCUT2D eigenvalue weighted by Gasteiger charge is -2.20. The van der Waals surface area contributed by atoms with Crippen LogP contribution in [0.25, 0.3) is 10.8 Å². The van der Waals surface area contributed by atoms with E-state index in [0.29, 0.717) is 6.04 Å². The number of fused-ring (bicyclic) bond motifs is 1. The Balaban J connectivity index is 1.85. The molecule has 3 rings (SSSR count). The number of hydrogen-bond acceptors (Lipinski definition) is 2. The molecule has 1 unspecified atom stereocenters. The Morgan fingerprint density at radius 3 is 2.48 bits per heavy atom. The van der Waals surface area contributed by atoms with Gasteiger partial charge < -0.3 is 9.64 Å². The van der Waals surface area contributed by atoms with Crippen molar-refractivity contribution in [1.82, 2.24) is 4.90 Å². The lowest BCUT2D eigenvalue weighted by Crippen LogP contribution is -2.26.